The Hall–Kier alpha value is -2.67. The minimum Gasteiger partial charge on any atom is -0.429 e. The maximum Gasteiger partial charge on any atom is 0.432 e. The van der Waals surface area contributed by atoms with E-state index in [9.17, 15) is 22.0 Å². The van der Waals surface area contributed by atoms with Crippen LogP contribution in [0.15, 0.2) is 54.6 Å². The summed E-state index contributed by atoms with van der Waals surface area (Å²) in [4.78, 5) is 0. The van der Waals surface area contributed by atoms with Gasteiger partial charge in [-0.25, -0.2) is 13.2 Å². The largest absolute Gasteiger partial charge is 0.432 e. The van der Waals surface area contributed by atoms with Gasteiger partial charge < -0.3 is 4.74 Å². The van der Waals surface area contributed by atoms with Crippen molar-refractivity contribution < 1.29 is 26.7 Å². The summed E-state index contributed by atoms with van der Waals surface area (Å²) in [6, 6.07) is 13.6. The molecular formula is C27H27F5OSi. The SMILES string of the molecule is Cc1ccc(OC(F)(F)c2c(F)cc(-c3ccc(C4CCC(C[SiH3])CC4)cc3)cc2F)cc1F. The maximum absolute atomic E-state index is 14.7. The molecule has 3 aromatic rings. The number of alkyl halides is 2. The number of aryl methyl sites for hydroxylation is 1. The fraction of sp³-hybridized carbons (Fsp3) is 0.333. The normalized spacial score (nSPS) is 18.8. The van der Waals surface area contributed by atoms with Crippen molar-refractivity contribution in [3.05, 3.63) is 88.7 Å². The van der Waals surface area contributed by atoms with E-state index in [1.54, 1.807) is 12.1 Å². The molecule has 0 aliphatic heterocycles. The zero-order valence-electron chi connectivity index (χ0n) is 19.2. The van der Waals surface area contributed by atoms with Crippen LogP contribution in [0.25, 0.3) is 11.1 Å². The second-order valence-electron chi connectivity index (χ2n) is 9.09. The highest BCUT2D eigenvalue weighted by Gasteiger charge is 2.41. The Morgan fingerprint density at radius 1 is 0.824 bits per heavy atom. The number of benzene rings is 3. The highest BCUT2D eigenvalue weighted by atomic mass is 28.1. The fourth-order valence-corrected chi connectivity index (χ4v) is 5.52. The third kappa shape index (κ3) is 5.19. The highest BCUT2D eigenvalue weighted by molar-refractivity contribution is 6.08. The molecule has 34 heavy (non-hydrogen) atoms. The lowest BCUT2D eigenvalue weighted by atomic mass is 9.79. The molecule has 1 aliphatic carbocycles. The summed E-state index contributed by atoms with van der Waals surface area (Å²) in [6.07, 6.45) is 0.436. The van der Waals surface area contributed by atoms with Crippen LogP contribution in [-0.2, 0) is 6.11 Å². The number of hydrogen-bond acceptors (Lipinski definition) is 1. The van der Waals surface area contributed by atoms with Gasteiger partial charge in [-0.2, -0.15) is 8.78 Å². The summed E-state index contributed by atoms with van der Waals surface area (Å²) in [6.45, 7) is 1.46. The Bertz CT molecular complexity index is 1130. The standard InChI is InChI=1S/C27H27F5OSi/c1-16-2-11-22(14-23(16)28)33-27(31,32)26-24(29)12-21(13-25(26)30)20-9-7-19(8-10-20)18-5-3-17(15-34)4-6-18/h2,7-14,17-18H,3-6,15H2,1,34H3. The Kier molecular flexibility index (Phi) is 7.12. The van der Waals surface area contributed by atoms with Crippen molar-refractivity contribution in [1.82, 2.24) is 0 Å². The first-order valence-corrected chi connectivity index (χ1v) is 13.0. The van der Waals surface area contributed by atoms with E-state index < -0.39 is 34.9 Å². The minimum atomic E-state index is -4.32. The Morgan fingerprint density at radius 2 is 1.44 bits per heavy atom. The van der Waals surface area contributed by atoms with Crippen molar-refractivity contribution in [3.8, 4) is 16.9 Å². The predicted octanol–water partition coefficient (Wildman–Crippen LogP) is 7.27. The van der Waals surface area contributed by atoms with Crippen molar-refractivity contribution in [3.63, 3.8) is 0 Å². The van der Waals surface area contributed by atoms with Gasteiger partial charge in [0, 0.05) is 16.3 Å². The summed E-state index contributed by atoms with van der Waals surface area (Å²) in [5, 5.41) is 0. The van der Waals surface area contributed by atoms with Crippen LogP contribution in [0, 0.1) is 30.3 Å². The van der Waals surface area contributed by atoms with Gasteiger partial charge in [-0.1, -0.05) is 49.2 Å². The third-order valence-electron chi connectivity index (χ3n) is 6.86. The smallest absolute Gasteiger partial charge is 0.429 e. The van der Waals surface area contributed by atoms with E-state index in [0.717, 1.165) is 43.0 Å². The molecule has 0 aromatic heterocycles. The van der Waals surface area contributed by atoms with Gasteiger partial charge in [-0.15, -0.1) is 0 Å². The molecule has 3 aromatic carbocycles. The average Bonchev–Trinajstić information content (AvgIpc) is 2.81. The van der Waals surface area contributed by atoms with E-state index in [0.29, 0.717) is 11.5 Å². The Labute approximate surface area is 199 Å². The van der Waals surface area contributed by atoms with Gasteiger partial charge in [-0.3, -0.25) is 0 Å². The lowest BCUT2D eigenvalue weighted by molar-refractivity contribution is -0.189. The van der Waals surface area contributed by atoms with Crippen molar-refractivity contribution in [2.75, 3.05) is 0 Å². The molecule has 0 bridgehead atoms. The molecule has 0 atom stereocenters. The summed E-state index contributed by atoms with van der Waals surface area (Å²) in [5.74, 6) is -2.82. The molecule has 1 saturated carbocycles. The van der Waals surface area contributed by atoms with Gasteiger partial charge in [0.1, 0.15) is 28.8 Å². The first-order valence-electron chi connectivity index (χ1n) is 11.6. The van der Waals surface area contributed by atoms with E-state index in [2.05, 4.69) is 4.74 Å². The summed E-state index contributed by atoms with van der Waals surface area (Å²) in [7, 11) is 1.23. The van der Waals surface area contributed by atoms with E-state index >= 15 is 0 Å². The average molecular weight is 491 g/mol. The molecule has 0 heterocycles. The van der Waals surface area contributed by atoms with Gasteiger partial charge in [0.25, 0.3) is 0 Å². The van der Waals surface area contributed by atoms with Gasteiger partial charge >= 0.3 is 6.11 Å². The van der Waals surface area contributed by atoms with Crippen molar-refractivity contribution in [2.24, 2.45) is 5.92 Å². The number of rotatable bonds is 6. The zero-order chi connectivity index (χ0) is 24.5. The maximum atomic E-state index is 14.7. The molecule has 0 radical (unpaired) electrons. The second-order valence-corrected chi connectivity index (χ2v) is 9.91. The summed E-state index contributed by atoms with van der Waals surface area (Å²) in [5.41, 5.74) is 0.606. The van der Waals surface area contributed by atoms with Gasteiger partial charge in [0.15, 0.2) is 0 Å². The fourth-order valence-electron chi connectivity index (χ4n) is 4.71. The zero-order valence-corrected chi connectivity index (χ0v) is 21.2. The van der Waals surface area contributed by atoms with Crippen LogP contribution < -0.4 is 4.74 Å². The van der Waals surface area contributed by atoms with Crippen LogP contribution in [0.5, 0.6) is 5.75 Å². The topological polar surface area (TPSA) is 9.23 Å². The lowest BCUT2D eigenvalue weighted by Gasteiger charge is -2.28. The molecule has 1 aliphatic rings. The highest BCUT2D eigenvalue weighted by Crippen LogP contribution is 2.39. The molecule has 1 nitrogen and oxygen atoms in total. The molecule has 7 heteroatoms. The molecule has 1 fully saturated rings. The molecular weight excluding hydrogens is 463 g/mol. The first-order chi connectivity index (χ1) is 16.2. The van der Waals surface area contributed by atoms with E-state index in [1.807, 2.05) is 12.1 Å². The number of hydrogen-bond donors (Lipinski definition) is 0. The Balaban J connectivity index is 1.54. The van der Waals surface area contributed by atoms with Crippen LogP contribution in [0.4, 0.5) is 22.0 Å². The van der Waals surface area contributed by atoms with Crippen molar-refractivity contribution in [1.29, 1.82) is 0 Å². The van der Waals surface area contributed by atoms with Crippen LogP contribution >= 0.6 is 0 Å². The lowest BCUT2D eigenvalue weighted by Crippen LogP contribution is -2.25. The molecule has 4 rings (SSSR count). The first kappa shape index (κ1) is 24.5. The molecule has 180 valence electrons. The second kappa shape index (κ2) is 9.90. The number of halogens is 5. The third-order valence-corrected chi connectivity index (χ3v) is 8.02. The predicted molar refractivity (Wildman–Crippen MR) is 127 cm³/mol. The van der Waals surface area contributed by atoms with Crippen LogP contribution in [0.3, 0.4) is 0 Å². The van der Waals surface area contributed by atoms with Gasteiger partial charge in [0.2, 0.25) is 0 Å². The minimum absolute atomic E-state index is 0.155. The van der Waals surface area contributed by atoms with E-state index in [1.165, 1.54) is 47.7 Å². The van der Waals surface area contributed by atoms with Crippen LogP contribution in [-0.4, -0.2) is 10.2 Å². The van der Waals surface area contributed by atoms with Crippen molar-refractivity contribution in [2.45, 2.75) is 50.7 Å². The van der Waals surface area contributed by atoms with E-state index in [-0.39, 0.29) is 11.1 Å². The summed E-state index contributed by atoms with van der Waals surface area (Å²) >= 11 is 0. The van der Waals surface area contributed by atoms with Gasteiger partial charge in [0.05, 0.1) is 0 Å². The van der Waals surface area contributed by atoms with E-state index in [4.69, 9.17) is 0 Å². The Morgan fingerprint density at radius 3 is 2.00 bits per heavy atom. The van der Waals surface area contributed by atoms with Crippen LogP contribution in [0.2, 0.25) is 6.04 Å². The number of ether oxygens (including phenoxy) is 1. The molecule has 0 amide bonds. The monoisotopic (exact) mass is 490 g/mol. The van der Waals surface area contributed by atoms with Crippen molar-refractivity contribution >= 4 is 10.2 Å². The van der Waals surface area contributed by atoms with Gasteiger partial charge in [-0.05, 0) is 72.1 Å². The molecule has 0 N–H and O–H groups in total. The molecule has 0 unspecified atom stereocenters. The summed E-state index contributed by atoms with van der Waals surface area (Å²) < 4.78 is 76.8. The van der Waals surface area contributed by atoms with Crippen LogP contribution in [0.1, 0.15) is 48.3 Å². The molecule has 0 saturated heterocycles. The quantitative estimate of drug-likeness (QED) is 0.261. The molecule has 0 spiro atoms.